The molecule has 0 bridgehead atoms. The van der Waals surface area contributed by atoms with Gasteiger partial charge in [-0.2, -0.15) is 9.52 Å². The maximum Gasteiger partial charge on any atom is 0.247 e. The van der Waals surface area contributed by atoms with Crippen LogP contribution in [0.5, 0.6) is 0 Å². The van der Waals surface area contributed by atoms with Gasteiger partial charge in [0.2, 0.25) is 10.0 Å². The Morgan fingerprint density at radius 2 is 2.05 bits per heavy atom. The second kappa shape index (κ2) is 5.23. The molecule has 1 aromatic carbocycles. The van der Waals surface area contributed by atoms with Crippen LogP contribution in [-0.4, -0.2) is 24.8 Å². The Hall–Kier alpha value is -1.73. The van der Waals surface area contributed by atoms with Gasteiger partial charge in [-0.3, -0.25) is 0 Å². The summed E-state index contributed by atoms with van der Waals surface area (Å²) in [5, 5.41) is 6.11. The highest BCUT2D eigenvalue weighted by Crippen LogP contribution is 2.36. The van der Waals surface area contributed by atoms with Crippen LogP contribution in [0.2, 0.25) is 0 Å². The molecule has 1 aliphatic heterocycles. The molecule has 3 rings (SSSR count). The van der Waals surface area contributed by atoms with Crippen LogP contribution in [0.15, 0.2) is 46.9 Å². The van der Waals surface area contributed by atoms with Crippen LogP contribution >= 0.6 is 11.3 Å². The summed E-state index contributed by atoms with van der Waals surface area (Å²) in [5.74, 6) is -0.418. The van der Waals surface area contributed by atoms with E-state index in [-0.39, 0.29) is 0 Å². The average molecular weight is 324 g/mol. The Morgan fingerprint density at radius 1 is 1.29 bits per heavy atom. The molecule has 1 atom stereocenters. The lowest BCUT2D eigenvalue weighted by atomic mass is 10.0. The van der Waals surface area contributed by atoms with E-state index < -0.39 is 21.9 Å². The minimum absolute atomic E-state index is 0.346. The lowest BCUT2D eigenvalue weighted by Crippen LogP contribution is -2.26. The van der Waals surface area contributed by atoms with Crippen LogP contribution in [-0.2, 0) is 10.0 Å². The molecule has 0 amide bonds. The molecule has 7 heteroatoms. The van der Waals surface area contributed by atoms with E-state index >= 15 is 0 Å². The second-order valence-electron chi connectivity index (χ2n) is 4.80. The lowest BCUT2D eigenvalue weighted by molar-refractivity contribution is 0.365. The first-order chi connectivity index (χ1) is 9.97. The molecule has 0 saturated carbocycles. The largest absolute Gasteiger partial charge is 0.247 e. The number of nitrogens with zero attached hydrogens (tertiary/aromatic N) is 2. The number of halogens is 1. The molecular weight excluding hydrogens is 311 g/mol. The van der Waals surface area contributed by atoms with Crippen molar-refractivity contribution in [2.45, 2.75) is 12.5 Å². The fourth-order valence-corrected chi connectivity index (χ4v) is 3.98. The van der Waals surface area contributed by atoms with Gasteiger partial charge in [0, 0.05) is 12.0 Å². The van der Waals surface area contributed by atoms with Crippen molar-refractivity contribution < 1.29 is 12.8 Å². The monoisotopic (exact) mass is 324 g/mol. The third-order valence-corrected chi connectivity index (χ3v) is 5.22. The summed E-state index contributed by atoms with van der Waals surface area (Å²) in [6.07, 6.45) is 1.45. The molecule has 0 N–H and O–H groups in total. The molecule has 0 unspecified atom stereocenters. The van der Waals surface area contributed by atoms with Gasteiger partial charge >= 0.3 is 0 Å². The van der Waals surface area contributed by atoms with Crippen molar-refractivity contribution in [2.75, 3.05) is 6.26 Å². The van der Waals surface area contributed by atoms with Gasteiger partial charge in [0.1, 0.15) is 5.82 Å². The second-order valence-corrected chi connectivity index (χ2v) is 7.59. The summed E-state index contributed by atoms with van der Waals surface area (Å²) in [5.41, 5.74) is 1.02. The normalized spacial score (nSPS) is 18.9. The molecule has 21 heavy (non-hydrogen) atoms. The molecule has 1 aliphatic rings. The molecule has 0 aliphatic carbocycles. The van der Waals surface area contributed by atoms with E-state index in [0.29, 0.717) is 17.7 Å². The van der Waals surface area contributed by atoms with E-state index in [1.54, 1.807) is 18.2 Å². The van der Waals surface area contributed by atoms with Gasteiger partial charge in [-0.1, -0.05) is 24.3 Å². The Kier molecular flexibility index (Phi) is 3.54. The van der Waals surface area contributed by atoms with E-state index in [1.807, 2.05) is 17.5 Å². The molecule has 0 spiro atoms. The summed E-state index contributed by atoms with van der Waals surface area (Å²) in [6.45, 7) is 0. The summed E-state index contributed by atoms with van der Waals surface area (Å²) in [6, 6.07) is 9.35. The van der Waals surface area contributed by atoms with E-state index in [1.165, 1.54) is 17.4 Å². The fourth-order valence-electron chi connectivity index (χ4n) is 2.36. The molecule has 0 radical (unpaired) electrons. The maximum atomic E-state index is 14.0. The zero-order chi connectivity index (χ0) is 15.0. The predicted molar refractivity (Wildman–Crippen MR) is 81.3 cm³/mol. The smallest absolute Gasteiger partial charge is 0.207 e. The van der Waals surface area contributed by atoms with Crippen molar-refractivity contribution in [2.24, 2.45) is 5.10 Å². The van der Waals surface area contributed by atoms with Crippen molar-refractivity contribution in [3.05, 3.63) is 58.0 Å². The van der Waals surface area contributed by atoms with Gasteiger partial charge in [0.15, 0.2) is 0 Å². The Balaban J connectivity index is 2.04. The number of sulfonamides is 1. The van der Waals surface area contributed by atoms with Crippen LogP contribution in [0.25, 0.3) is 0 Å². The van der Waals surface area contributed by atoms with Crippen molar-refractivity contribution in [3.63, 3.8) is 0 Å². The van der Waals surface area contributed by atoms with Crippen LogP contribution in [0.4, 0.5) is 4.39 Å². The average Bonchev–Trinajstić information content (AvgIpc) is 3.07. The van der Waals surface area contributed by atoms with E-state index in [4.69, 9.17) is 0 Å². The number of benzene rings is 1. The SMILES string of the molecule is CS(=O)(=O)N1N=C(c2cccs2)C[C@H]1c1ccccc1F. The quantitative estimate of drug-likeness (QED) is 0.871. The third kappa shape index (κ3) is 2.71. The number of hydrogen-bond donors (Lipinski definition) is 0. The number of rotatable bonds is 3. The van der Waals surface area contributed by atoms with Gasteiger partial charge in [-0.15, -0.1) is 11.3 Å². The van der Waals surface area contributed by atoms with Crippen LogP contribution in [0, 0.1) is 5.82 Å². The maximum absolute atomic E-state index is 14.0. The van der Waals surface area contributed by atoms with Crippen LogP contribution in [0.1, 0.15) is 22.9 Å². The zero-order valence-corrected chi connectivity index (χ0v) is 12.9. The molecular formula is C14H13FN2O2S2. The van der Waals surface area contributed by atoms with Gasteiger partial charge in [-0.05, 0) is 17.5 Å². The summed E-state index contributed by atoms with van der Waals surface area (Å²) in [4.78, 5) is 0.905. The Morgan fingerprint density at radius 3 is 2.67 bits per heavy atom. The summed E-state index contributed by atoms with van der Waals surface area (Å²) >= 11 is 1.49. The van der Waals surface area contributed by atoms with Crippen molar-refractivity contribution in [1.82, 2.24) is 4.41 Å². The molecule has 1 aromatic heterocycles. The third-order valence-electron chi connectivity index (χ3n) is 3.28. The highest BCUT2D eigenvalue weighted by molar-refractivity contribution is 7.88. The van der Waals surface area contributed by atoms with Gasteiger partial charge in [-0.25, -0.2) is 12.8 Å². The Labute approximate surface area is 126 Å². The first-order valence-corrected chi connectivity index (χ1v) is 9.05. The fraction of sp³-hybridized carbons (Fsp3) is 0.214. The van der Waals surface area contributed by atoms with Gasteiger partial charge in [0.05, 0.1) is 22.9 Å². The minimum atomic E-state index is -3.56. The molecule has 0 saturated heterocycles. The molecule has 2 aromatic rings. The first-order valence-electron chi connectivity index (χ1n) is 6.32. The molecule has 0 fully saturated rings. The molecule has 110 valence electrons. The number of thiophene rings is 1. The standard InChI is InChI=1S/C14H13FN2O2S2/c1-21(18,19)17-13(10-5-2-3-6-11(10)15)9-12(16-17)14-7-4-8-20-14/h2-8,13H,9H2,1H3/t13-/m0/s1. The summed E-state index contributed by atoms with van der Waals surface area (Å²) in [7, 11) is -3.56. The van der Waals surface area contributed by atoms with Gasteiger partial charge < -0.3 is 0 Å². The van der Waals surface area contributed by atoms with E-state index in [2.05, 4.69) is 5.10 Å². The number of hydrogen-bond acceptors (Lipinski definition) is 4. The zero-order valence-electron chi connectivity index (χ0n) is 11.2. The lowest BCUT2D eigenvalue weighted by Gasteiger charge is -2.21. The predicted octanol–water partition coefficient (Wildman–Crippen LogP) is 3.00. The van der Waals surface area contributed by atoms with Crippen molar-refractivity contribution >= 4 is 27.1 Å². The molecule has 2 heterocycles. The van der Waals surface area contributed by atoms with Crippen LogP contribution in [0.3, 0.4) is 0 Å². The first kappa shape index (κ1) is 14.2. The van der Waals surface area contributed by atoms with Crippen LogP contribution < -0.4 is 0 Å². The minimum Gasteiger partial charge on any atom is -0.207 e. The van der Waals surface area contributed by atoms with Crippen molar-refractivity contribution in [3.8, 4) is 0 Å². The van der Waals surface area contributed by atoms with E-state index in [0.717, 1.165) is 15.5 Å². The highest BCUT2D eigenvalue weighted by Gasteiger charge is 2.36. The Bertz CT molecular complexity index is 785. The highest BCUT2D eigenvalue weighted by atomic mass is 32.2. The van der Waals surface area contributed by atoms with E-state index in [9.17, 15) is 12.8 Å². The van der Waals surface area contributed by atoms with Gasteiger partial charge in [0.25, 0.3) is 0 Å². The summed E-state index contributed by atoms with van der Waals surface area (Å²) < 4.78 is 38.9. The van der Waals surface area contributed by atoms with Crippen molar-refractivity contribution in [1.29, 1.82) is 0 Å². The topological polar surface area (TPSA) is 49.7 Å². The molecule has 4 nitrogen and oxygen atoms in total. The number of hydrazone groups is 1.